The lowest BCUT2D eigenvalue weighted by atomic mass is 10.1. The first-order valence-electron chi connectivity index (χ1n) is 10.3. The second-order valence-electron chi connectivity index (χ2n) is 7.59. The van der Waals surface area contributed by atoms with Crippen molar-refractivity contribution >= 4 is 45.3 Å². The molecule has 0 bridgehead atoms. The maximum Gasteiger partial charge on any atom is 0.253 e. The zero-order valence-corrected chi connectivity index (χ0v) is 19.3. The van der Waals surface area contributed by atoms with Crippen LogP contribution in [-0.2, 0) is 19.5 Å². The summed E-state index contributed by atoms with van der Waals surface area (Å²) in [5.74, 6) is 0. The van der Waals surface area contributed by atoms with Gasteiger partial charge in [0.2, 0.25) is 0 Å². The summed E-state index contributed by atoms with van der Waals surface area (Å²) in [7, 11) is 0. The zero-order valence-electron chi connectivity index (χ0n) is 17.6. The Labute approximate surface area is 191 Å². The Morgan fingerprint density at radius 2 is 1.90 bits per heavy atom. The number of benzene rings is 2. The van der Waals surface area contributed by atoms with Gasteiger partial charge in [-0.3, -0.25) is 4.79 Å². The minimum atomic E-state index is -0.0777. The highest BCUT2D eigenvalue weighted by Crippen LogP contribution is 2.20. The Bertz CT molecular complexity index is 1260. The van der Waals surface area contributed by atoms with Crippen LogP contribution in [0.1, 0.15) is 28.5 Å². The highest BCUT2D eigenvalue weighted by Gasteiger charge is 2.16. The highest BCUT2D eigenvalue weighted by molar-refractivity contribution is 7.80. The van der Waals surface area contributed by atoms with Crippen molar-refractivity contribution < 1.29 is 0 Å². The van der Waals surface area contributed by atoms with Gasteiger partial charge in [-0.15, -0.1) is 11.3 Å². The third kappa shape index (κ3) is 5.03. The molecule has 4 aromatic rings. The molecule has 0 radical (unpaired) electrons. The summed E-state index contributed by atoms with van der Waals surface area (Å²) in [6.45, 7) is 5.22. The molecule has 4 nitrogen and oxygen atoms in total. The van der Waals surface area contributed by atoms with Gasteiger partial charge in [-0.25, -0.2) is 0 Å². The summed E-state index contributed by atoms with van der Waals surface area (Å²) in [4.78, 5) is 19.1. The molecule has 0 amide bonds. The van der Waals surface area contributed by atoms with Gasteiger partial charge < -0.3 is 15.2 Å². The lowest BCUT2D eigenvalue weighted by Gasteiger charge is -2.26. The monoisotopic (exact) mass is 447 g/mol. The Kier molecular flexibility index (Phi) is 6.49. The van der Waals surface area contributed by atoms with Crippen molar-refractivity contribution in [2.75, 3.05) is 5.32 Å². The van der Waals surface area contributed by atoms with Gasteiger partial charge >= 0.3 is 0 Å². The largest absolute Gasteiger partial charge is 0.339 e. The maximum atomic E-state index is 12.8. The van der Waals surface area contributed by atoms with Crippen molar-refractivity contribution in [3.8, 4) is 0 Å². The summed E-state index contributed by atoms with van der Waals surface area (Å²) in [6, 6.07) is 20.4. The number of aromatic amines is 1. The lowest BCUT2D eigenvalue weighted by molar-refractivity contribution is 0.415. The summed E-state index contributed by atoms with van der Waals surface area (Å²) >= 11 is 7.49. The first-order valence-corrected chi connectivity index (χ1v) is 11.6. The molecule has 4 rings (SSSR count). The van der Waals surface area contributed by atoms with Crippen LogP contribution < -0.4 is 10.9 Å². The molecule has 0 saturated heterocycles. The Morgan fingerprint density at radius 1 is 1.06 bits per heavy atom. The summed E-state index contributed by atoms with van der Waals surface area (Å²) < 4.78 is 0. The Balaban J connectivity index is 1.64. The van der Waals surface area contributed by atoms with Crippen molar-refractivity contribution in [2.24, 2.45) is 0 Å². The molecule has 2 aromatic carbocycles. The third-order valence-corrected chi connectivity index (χ3v) is 6.51. The predicted octanol–water partition coefficient (Wildman–Crippen LogP) is 5.86. The van der Waals surface area contributed by atoms with Gasteiger partial charge in [0.05, 0.1) is 13.1 Å². The van der Waals surface area contributed by atoms with Gasteiger partial charge in [0.25, 0.3) is 5.56 Å². The number of fused-ring (bicyclic) bond motifs is 1. The van der Waals surface area contributed by atoms with Crippen LogP contribution in [0.3, 0.4) is 0 Å². The quantitative estimate of drug-likeness (QED) is 0.364. The topological polar surface area (TPSA) is 48.1 Å². The number of nitrogens with one attached hydrogen (secondary N) is 2. The van der Waals surface area contributed by atoms with E-state index in [0.29, 0.717) is 23.8 Å². The number of nitrogens with zero attached hydrogens (tertiary/aromatic N) is 1. The van der Waals surface area contributed by atoms with Crippen molar-refractivity contribution in [3.63, 3.8) is 0 Å². The van der Waals surface area contributed by atoms with Gasteiger partial charge in [0.1, 0.15) is 0 Å². The second-order valence-corrected chi connectivity index (χ2v) is 9.01. The van der Waals surface area contributed by atoms with Gasteiger partial charge in [-0.2, -0.15) is 0 Å². The summed E-state index contributed by atoms with van der Waals surface area (Å²) in [6.07, 6.45) is 0.917. The van der Waals surface area contributed by atoms with Crippen LogP contribution in [0.15, 0.2) is 70.8 Å². The molecular weight excluding hydrogens is 422 g/mol. The molecule has 0 fully saturated rings. The van der Waals surface area contributed by atoms with E-state index in [1.165, 1.54) is 10.4 Å². The lowest BCUT2D eigenvalue weighted by Crippen LogP contribution is -2.35. The molecule has 31 heavy (non-hydrogen) atoms. The van der Waals surface area contributed by atoms with Gasteiger partial charge in [-0.1, -0.05) is 43.3 Å². The van der Waals surface area contributed by atoms with E-state index in [-0.39, 0.29) is 5.56 Å². The molecule has 158 valence electrons. The van der Waals surface area contributed by atoms with E-state index < -0.39 is 0 Å². The van der Waals surface area contributed by atoms with Crippen molar-refractivity contribution in [3.05, 3.63) is 98.0 Å². The predicted molar refractivity (Wildman–Crippen MR) is 135 cm³/mol. The standard InChI is InChI=1S/C25H25N3OS2/c1-3-18-7-4-5-9-22(18)27-25(30)28(16-21-8-6-12-31-21)15-20-14-19-11-10-17(2)13-23(19)26-24(20)29/h4-14H,3,15-16H2,1-2H3,(H,26,29)(H,27,30). The normalized spacial score (nSPS) is 10.9. The number of pyridine rings is 1. The minimum Gasteiger partial charge on any atom is -0.339 e. The van der Waals surface area contributed by atoms with E-state index >= 15 is 0 Å². The number of para-hydroxylation sites is 1. The fraction of sp³-hybridized carbons (Fsp3) is 0.200. The molecule has 2 N–H and O–H groups in total. The molecule has 0 aliphatic carbocycles. The van der Waals surface area contributed by atoms with Crippen LogP contribution in [0.4, 0.5) is 5.69 Å². The van der Waals surface area contributed by atoms with Crippen LogP contribution >= 0.6 is 23.6 Å². The van der Waals surface area contributed by atoms with Gasteiger partial charge in [0, 0.05) is 21.6 Å². The fourth-order valence-corrected chi connectivity index (χ4v) is 4.58. The number of thiophene rings is 1. The summed E-state index contributed by atoms with van der Waals surface area (Å²) in [5.41, 5.74) is 4.81. The molecule has 0 atom stereocenters. The van der Waals surface area contributed by atoms with E-state index in [2.05, 4.69) is 45.7 Å². The van der Waals surface area contributed by atoms with Crippen LogP contribution in [0.5, 0.6) is 0 Å². The maximum absolute atomic E-state index is 12.8. The number of thiocarbonyl (C=S) groups is 1. The number of hydrogen-bond donors (Lipinski definition) is 2. The van der Waals surface area contributed by atoms with Gasteiger partial charge in [-0.05, 0) is 71.7 Å². The van der Waals surface area contributed by atoms with Crippen LogP contribution in [0.2, 0.25) is 0 Å². The number of aryl methyl sites for hydroxylation is 2. The first kappa shape index (κ1) is 21.3. The molecule has 2 aromatic heterocycles. The zero-order chi connectivity index (χ0) is 21.8. The van der Waals surface area contributed by atoms with E-state index in [9.17, 15) is 4.79 Å². The van der Waals surface area contributed by atoms with Gasteiger partial charge in [0.15, 0.2) is 5.11 Å². The minimum absolute atomic E-state index is 0.0777. The van der Waals surface area contributed by atoms with Crippen LogP contribution in [0.25, 0.3) is 10.9 Å². The van der Waals surface area contributed by atoms with E-state index in [1.54, 1.807) is 11.3 Å². The molecule has 0 saturated carbocycles. The van der Waals surface area contributed by atoms with E-state index in [0.717, 1.165) is 28.6 Å². The van der Waals surface area contributed by atoms with Crippen molar-refractivity contribution in [1.82, 2.24) is 9.88 Å². The van der Waals surface area contributed by atoms with E-state index in [1.807, 2.05) is 49.4 Å². The highest BCUT2D eigenvalue weighted by atomic mass is 32.1. The number of aromatic nitrogens is 1. The average Bonchev–Trinajstić information content (AvgIpc) is 3.27. The number of H-pyrrole nitrogens is 1. The number of hydrogen-bond acceptors (Lipinski definition) is 3. The smallest absolute Gasteiger partial charge is 0.253 e. The third-order valence-electron chi connectivity index (χ3n) is 5.29. The molecule has 0 aliphatic heterocycles. The Hall–Kier alpha value is -2.96. The number of anilines is 1. The van der Waals surface area contributed by atoms with Crippen molar-refractivity contribution in [1.29, 1.82) is 0 Å². The summed E-state index contributed by atoms with van der Waals surface area (Å²) in [5, 5.41) is 7.09. The number of rotatable bonds is 6. The molecule has 6 heteroatoms. The van der Waals surface area contributed by atoms with E-state index in [4.69, 9.17) is 12.2 Å². The SMILES string of the molecule is CCc1ccccc1NC(=S)N(Cc1cccs1)Cc1cc2ccc(C)cc2[nH]c1=O. The molecule has 2 heterocycles. The molecule has 0 spiro atoms. The van der Waals surface area contributed by atoms with Crippen LogP contribution in [-0.4, -0.2) is 15.0 Å². The molecule has 0 unspecified atom stereocenters. The second kappa shape index (κ2) is 9.45. The Morgan fingerprint density at radius 3 is 2.68 bits per heavy atom. The fourth-order valence-electron chi connectivity index (χ4n) is 3.62. The molecule has 0 aliphatic rings. The molecular formula is C25H25N3OS2. The van der Waals surface area contributed by atoms with Crippen LogP contribution in [0, 0.1) is 6.92 Å². The average molecular weight is 448 g/mol. The first-order chi connectivity index (χ1) is 15.0. The van der Waals surface area contributed by atoms with Crippen molar-refractivity contribution in [2.45, 2.75) is 33.4 Å².